The Morgan fingerprint density at radius 3 is 2.42 bits per heavy atom. The SMILES string of the molecule is CCS(=O)(=O)c1cc(-c2cc(F)cc(Cl)c2)cnc1-n1nc2ccc(C(F)(F)F)nn2c1=O. The van der Waals surface area contributed by atoms with Crippen molar-refractivity contribution in [3.05, 3.63) is 69.6 Å². The number of pyridine rings is 1. The van der Waals surface area contributed by atoms with Gasteiger partial charge in [0.25, 0.3) is 0 Å². The maximum absolute atomic E-state index is 13.8. The molecular weight excluding hydrogens is 490 g/mol. The Hall–Kier alpha value is -3.32. The molecule has 4 rings (SSSR count). The molecule has 172 valence electrons. The highest BCUT2D eigenvalue weighted by Crippen LogP contribution is 2.29. The molecule has 0 atom stereocenters. The van der Waals surface area contributed by atoms with E-state index in [9.17, 15) is 30.8 Å². The van der Waals surface area contributed by atoms with Crippen LogP contribution in [-0.2, 0) is 16.0 Å². The standard InChI is InChI=1S/C19H12ClF4N5O3S/c1-2-33(31,32)14-7-11(10-5-12(20)8-13(21)6-10)9-25-17(14)29-18(30)28-16(27-29)4-3-15(26-28)19(22,23)24/h3-9H,2H2,1H3. The minimum Gasteiger partial charge on any atom is -0.243 e. The largest absolute Gasteiger partial charge is 0.435 e. The monoisotopic (exact) mass is 501 g/mol. The molecule has 0 aliphatic carbocycles. The quantitative estimate of drug-likeness (QED) is 0.397. The smallest absolute Gasteiger partial charge is 0.243 e. The number of hydrogen-bond donors (Lipinski definition) is 0. The highest BCUT2D eigenvalue weighted by molar-refractivity contribution is 7.91. The average Bonchev–Trinajstić information content (AvgIpc) is 3.08. The van der Waals surface area contributed by atoms with Crippen molar-refractivity contribution in [2.45, 2.75) is 18.0 Å². The number of fused-ring (bicyclic) bond motifs is 1. The molecule has 4 aromatic rings. The number of rotatable bonds is 4. The molecule has 0 spiro atoms. The molecule has 0 saturated carbocycles. The summed E-state index contributed by atoms with van der Waals surface area (Å²) in [5.41, 5.74) is -2.33. The Labute approximate surface area is 188 Å². The van der Waals surface area contributed by atoms with Crippen molar-refractivity contribution in [2.24, 2.45) is 0 Å². The number of halogens is 5. The predicted octanol–water partition coefficient (Wildman–Crippen LogP) is 3.55. The summed E-state index contributed by atoms with van der Waals surface area (Å²) >= 11 is 5.87. The van der Waals surface area contributed by atoms with Crippen LogP contribution in [0, 0.1) is 5.82 Å². The lowest BCUT2D eigenvalue weighted by Crippen LogP contribution is -2.25. The van der Waals surface area contributed by atoms with E-state index in [1.165, 1.54) is 19.2 Å². The molecule has 0 saturated heterocycles. The first kappa shape index (κ1) is 22.9. The first-order valence-electron chi connectivity index (χ1n) is 9.16. The van der Waals surface area contributed by atoms with Crippen LogP contribution in [0.5, 0.6) is 0 Å². The van der Waals surface area contributed by atoms with Gasteiger partial charge in [0.15, 0.2) is 27.0 Å². The van der Waals surface area contributed by atoms with Gasteiger partial charge in [-0.3, -0.25) is 0 Å². The molecule has 14 heteroatoms. The fraction of sp³-hybridized carbons (Fsp3) is 0.158. The molecule has 3 aromatic heterocycles. The minimum absolute atomic E-state index is 0.0667. The Morgan fingerprint density at radius 2 is 1.79 bits per heavy atom. The van der Waals surface area contributed by atoms with Crippen LogP contribution in [-0.4, -0.2) is 38.5 Å². The lowest BCUT2D eigenvalue weighted by molar-refractivity contribution is -0.141. The molecule has 0 aliphatic rings. The number of nitrogens with zero attached hydrogens (tertiary/aromatic N) is 5. The topological polar surface area (TPSA) is 99.2 Å². The first-order chi connectivity index (χ1) is 15.4. The Kier molecular flexibility index (Phi) is 5.48. The van der Waals surface area contributed by atoms with E-state index in [0.717, 1.165) is 24.3 Å². The van der Waals surface area contributed by atoms with Crippen LogP contribution in [0.1, 0.15) is 12.6 Å². The zero-order valence-corrected chi connectivity index (χ0v) is 18.1. The second-order valence-corrected chi connectivity index (χ2v) is 9.47. The summed E-state index contributed by atoms with van der Waals surface area (Å²) in [6.45, 7) is 1.36. The zero-order valence-electron chi connectivity index (χ0n) is 16.5. The van der Waals surface area contributed by atoms with Gasteiger partial charge in [0.05, 0.1) is 5.75 Å². The summed E-state index contributed by atoms with van der Waals surface area (Å²) in [5.74, 6) is -1.48. The van der Waals surface area contributed by atoms with Crippen LogP contribution < -0.4 is 5.69 Å². The second kappa shape index (κ2) is 7.92. The minimum atomic E-state index is -4.81. The lowest BCUT2D eigenvalue weighted by Gasteiger charge is -2.10. The van der Waals surface area contributed by atoms with Crippen molar-refractivity contribution in [1.29, 1.82) is 0 Å². The average molecular weight is 502 g/mol. The number of hydrogen-bond acceptors (Lipinski definition) is 6. The summed E-state index contributed by atoms with van der Waals surface area (Å²) in [6.07, 6.45) is -3.64. The molecule has 0 fully saturated rings. The number of sulfone groups is 1. The van der Waals surface area contributed by atoms with E-state index in [2.05, 4.69) is 15.2 Å². The maximum Gasteiger partial charge on any atom is 0.435 e. The summed E-state index contributed by atoms with van der Waals surface area (Å²) in [5, 5.41) is 7.19. The van der Waals surface area contributed by atoms with Gasteiger partial charge in [0.1, 0.15) is 10.7 Å². The van der Waals surface area contributed by atoms with E-state index in [0.29, 0.717) is 15.3 Å². The molecule has 0 bridgehead atoms. The Morgan fingerprint density at radius 1 is 1.06 bits per heavy atom. The highest BCUT2D eigenvalue weighted by atomic mass is 35.5. The van der Waals surface area contributed by atoms with E-state index < -0.39 is 43.9 Å². The van der Waals surface area contributed by atoms with E-state index in [1.54, 1.807) is 0 Å². The predicted molar refractivity (Wildman–Crippen MR) is 110 cm³/mol. The van der Waals surface area contributed by atoms with Crippen molar-refractivity contribution in [1.82, 2.24) is 24.4 Å². The third kappa shape index (κ3) is 4.20. The third-order valence-electron chi connectivity index (χ3n) is 4.61. The van der Waals surface area contributed by atoms with Crippen LogP contribution in [0.4, 0.5) is 17.6 Å². The molecule has 3 heterocycles. The molecule has 0 unspecified atom stereocenters. The number of aromatic nitrogens is 5. The summed E-state index contributed by atoms with van der Waals surface area (Å²) in [6, 6.07) is 6.30. The molecular formula is C19H12ClF4N5O3S. The first-order valence-corrected chi connectivity index (χ1v) is 11.2. The fourth-order valence-electron chi connectivity index (χ4n) is 3.02. The van der Waals surface area contributed by atoms with Gasteiger partial charge in [-0.05, 0) is 42.0 Å². The highest BCUT2D eigenvalue weighted by Gasteiger charge is 2.33. The van der Waals surface area contributed by atoms with E-state index >= 15 is 0 Å². The molecule has 0 aliphatic heterocycles. The van der Waals surface area contributed by atoms with Crippen LogP contribution in [0.25, 0.3) is 22.6 Å². The molecule has 0 amide bonds. The van der Waals surface area contributed by atoms with Crippen LogP contribution in [0.15, 0.2) is 52.3 Å². The van der Waals surface area contributed by atoms with Crippen LogP contribution in [0.2, 0.25) is 5.02 Å². The van der Waals surface area contributed by atoms with E-state index in [1.807, 2.05) is 0 Å². The second-order valence-electron chi connectivity index (χ2n) is 6.79. The summed E-state index contributed by atoms with van der Waals surface area (Å²) < 4.78 is 79.2. The van der Waals surface area contributed by atoms with Gasteiger partial charge in [0.2, 0.25) is 0 Å². The molecule has 1 aromatic carbocycles. The summed E-state index contributed by atoms with van der Waals surface area (Å²) in [4.78, 5) is 16.3. The Balaban J connectivity index is 1.97. The van der Waals surface area contributed by atoms with Crippen molar-refractivity contribution in [3.8, 4) is 16.9 Å². The van der Waals surface area contributed by atoms with Gasteiger partial charge < -0.3 is 0 Å². The van der Waals surface area contributed by atoms with E-state index in [4.69, 9.17) is 11.6 Å². The van der Waals surface area contributed by atoms with E-state index in [-0.39, 0.29) is 27.5 Å². The molecule has 0 N–H and O–H groups in total. The third-order valence-corrected chi connectivity index (χ3v) is 6.56. The fourth-order valence-corrected chi connectivity index (χ4v) is 4.27. The number of alkyl halides is 3. The van der Waals surface area contributed by atoms with Gasteiger partial charge >= 0.3 is 11.9 Å². The van der Waals surface area contributed by atoms with Crippen LogP contribution in [0.3, 0.4) is 0 Å². The van der Waals surface area contributed by atoms with Crippen molar-refractivity contribution in [2.75, 3.05) is 5.75 Å². The molecule has 33 heavy (non-hydrogen) atoms. The molecule has 8 nitrogen and oxygen atoms in total. The normalized spacial score (nSPS) is 12.4. The van der Waals surface area contributed by atoms with Gasteiger partial charge in [0, 0.05) is 16.8 Å². The van der Waals surface area contributed by atoms with Crippen molar-refractivity contribution in [3.63, 3.8) is 0 Å². The van der Waals surface area contributed by atoms with Gasteiger partial charge in [-0.15, -0.1) is 5.10 Å². The van der Waals surface area contributed by atoms with Crippen LogP contribution >= 0.6 is 11.6 Å². The zero-order chi connectivity index (χ0) is 24.1. The lowest BCUT2D eigenvalue weighted by atomic mass is 10.1. The van der Waals surface area contributed by atoms with Gasteiger partial charge in [-0.2, -0.15) is 27.5 Å². The Bertz CT molecular complexity index is 1540. The van der Waals surface area contributed by atoms with Crippen molar-refractivity contribution >= 4 is 27.1 Å². The van der Waals surface area contributed by atoms with Crippen molar-refractivity contribution < 1.29 is 26.0 Å². The maximum atomic E-state index is 13.8. The summed E-state index contributed by atoms with van der Waals surface area (Å²) in [7, 11) is -4.01. The van der Waals surface area contributed by atoms with Gasteiger partial charge in [-0.25, -0.2) is 22.6 Å². The molecule has 0 radical (unpaired) electrons. The number of benzene rings is 1. The van der Waals surface area contributed by atoms with Gasteiger partial charge in [-0.1, -0.05) is 18.5 Å².